The largest absolute Gasteiger partial charge is 0.487 e. The standard InChI is InChI=1S/C21H22ClNO4/c1-13-9-15-11-17(12-23-19(24)7-8-20(25)26-2)27-21(15)18(10-13)14-3-5-16(22)6-4-14/h3-6,9-10,17H,7-8,11-12H2,1-2H3,(H,23,24)/t17-/m1/s1. The monoisotopic (exact) mass is 387 g/mol. The molecule has 6 heteroatoms. The Morgan fingerprint density at radius 2 is 1.96 bits per heavy atom. The van der Waals surface area contributed by atoms with Crippen molar-refractivity contribution in [2.45, 2.75) is 32.3 Å². The first-order valence-electron chi connectivity index (χ1n) is 8.86. The van der Waals surface area contributed by atoms with E-state index in [-0.39, 0.29) is 24.9 Å². The summed E-state index contributed by atoms with van der Waals surface area (Å²) < 4.78 is 10.7. The Morgan fingerprint density at radius 3 is 2.67 bits per heavy atom. The van der Waals surface area contributed by atoms with E-state index in [0.717, 1.165) is 34.4 Å². The van der Waals surface area contributed by atoms with Gasteiger partial charge in [-0.2, -0.15) is 0 Å². The van der Waals surface area contributed by atoms with E-state index in [1.165, 1.54) is 7.11 Å². The molecule has 1 amide bonds. The predicted molar refractivity (Wildman–Crippen MR) is 104 cm³/mol. The second kappa shape index (κ2) is 8.44. The lowest BCUT2D eigenvalue weighted by Crippen LogP contribution is -2.34. The van der Waals surface area contributed by atoms with Gasteiger partial charge in [-0.1, -0.05) is 29.8 Å². The van der Waals surface area contributed by atoms with Gasteiger partial charge in [-0.25, -0.2) is 0 Å². The van der Waals surface area contributed by atoms with Crippen molar-refractivity contribution in [3.05, 3.63) is 52.5 Å². The number of fused-ring (bicyclic) bond motifs is 1. The number of hydrogen-bond acceptors (Lipinski definition) is 4. The molecule has 2 aromatic rings. The van der Waals surface area contributed by atoms with Crippen LogP contribution in [-0.4, -0.2) is 31.6 Å². The van der Waals surface area contributed by atoms with Crippen LogP contribution in [0.4, 0.5) is 0 Å². The molecule has 1 aliphatic rings. The Hall–Kier alpha value is -2.53. The maximum absolute atomic E-state index is 11.9. The van der Waals surface area contributed by atoms with Crippen LogP contribution in [0.3, 0.4) is 0 Å². The molecule has 0 aromatic heterocycles. The van der Waals surface area contributed by atoms with E-state index in [1.54, 1.807) is 0 Å². The molecule has 5 nitrogen and oxygen atoms in total. The zero-order chi connectivity index (χ0) is 19.4. The Balaban J connectivity index is 1.66. The molecular formula is C21H22ClNO4. The van der Waals surface area contributed by atoms with Crippen LogP contribution in [0.1, 0.15) is 24.0 Å². The molecule has 0 bridgehead atoms. The average Bonchev–Trinajstić information content (AvgIpc) is 3.07. The fraction of sp³-hybridized carbons (Fsp3) is 0.333. The molecule has 0 radical (unpaired) electrons. The number of benzene rings is 2. The topological polar surface area (TPSA) is 64.6 Å². The fourth-order valence-corrected chi connectivity index (χ4v) is 3.31. The van der Waals surface area contributed by atoms with Gasteiger partial charge in [-0.3, -0.25) is 9.59 Å². The van der Waals surface area contributed by atoms with E-state index in [4.69, 9.17) is 16.3 Å². The summed E-state index contributed by atoms with van der Waals surface area (Å²) in [7, 11) is 1.31. The number of hydrogen-bond donors (Lipinski definition) is 1. The summed E-state index contributed by atoms with van der Waals surface area (Å²) in [6, 6.07) is 11.9. The molecule has 0 fully saturated rings. The first kappa shape index (κ1) is 19.2. The molecule has 142 valence electrons. The van der Waals surface area contributed by atoms with Crippen molar-refractivity contribution in [2.24, 2.45) is 0 Å². The van der Waals surface area contributed by atoms with Crippen molar-refractivity contribution in [3.63, 3.8) is 0 Å². The zero-order valence-corrected chi connectivity index (χ0v) is 16.1. The van der Waals surface area contributed by atoms with Gasteiger partial charge in [-0.05, 0) is 41.8 Å². The smallest absolute Gasteiger partial charge is 0.306 e. The third-order valence-electron chi connectivity index (χ3n) is 4.51. The second-order valence-corrected chi connectivity index (χ2v) is 7.07. The molecule has 3 rings (SSSR count). The minimum atomic E-state index is -0.391. The highest BCUT2D eigenvalue weighted by molar-refractivity contribution is 6.30. The van der Waals surface area contributed by atoms with Crippen LogP contribution in [-0.2, 0) is 20.7 Å². The molecule has 2 aromatic carbocycles. The molecule has 1 N–H and O–H groups in total. The molecule has 0 spiro atoms. The van der Waals surface area contributed by atoms with Gasteiger partial charge >= 0.3 is 5.97 Å². The summed E-state index contributed by atoms with van der Waals surface area (Å²) in [5, 5.41) is 3.52. The molecule has 1 aliphatic heterocycles. The van der Waals surface area contributed by atoms with Crippen LogP contribution in [0.15, 0.2) is 36.4 Å². The molecule has 0 unspecified atom stereocenters. The van der Waals surface area contributed by atoms with Gasteiger partial charge in [0.15, 0.2) is 0 Å². The Kier molecular flexibility index (Phi) is 6.01. The lowest BCUT2D eigenvalue weighted by atomic mass is 9.98. The molecule has 27 heavy (non-hydrogen) atoms. The number of ether oxygens (including phenoxy) is 2. The van der Waals surface area contributed by atoms with Crippen LogP contribution in [0.5, 0.6) is 5.75 Å². The maximum atomic E-state index is 11.9. The van der Waals surface area contributed by atoms with Crippen molar-refractivity contribution in [1.29, 1.82) is 0 Å². The van der Waals surface area contributed by atoms with Crippen LogP contribution < -0.4 is 10.1 Å². The average molecular weight is 388 g/mol. The Labute approximate surface area is 163 Å². The number of aryl methyl sites for hydroxylation is 1. The van der Waals surface area contributed by atoms with Gasteiger partial charge in [-0.15, -0.1) is 0 Å². The fourth-order valence-electron chi connectivity index (χ4n) is 3.18. The van der Waals surface area contributed by atoms with Crippen LogP contribution in [0.2, 0.25) is 5.02 Å². The first-order valence-corrected chi connectivity index (χ1v) is 9.23. The van der Waals surface area contributed by atoms with Crippen molar-refractivity contribution in [1.82, 2.24) is 5.32 Å². The number of methoxy groups -OCH3 is 1. The molecule has 0 saturated heterocycles. The van der Waals surface area contributed by atoms with Crippen LogP contribution >= 0.6 is 11.6 Å². The summed E-state index contributed by atoms with van der Waals surface area (Å²) in [6.07, 6.45) is 0.791. The molecule has 0 saturated carbocycles. The van der Waals surface area contributed by atoms with Crippen LogP contribution in [0.25, 0.3) is 11.1 Å². The highest BCUT2D eigenvalue weighted by Gasteiger charge is 2.26. The van der Waals surface area contributed by atoms with E-state index in [1.807, 2.05) is 24.3 Å². The van der Waals surface area contributed by atoms with Gasteiger partial charge in [0.2, 0.25) is 5.91 Å². The van der Waals surface area contributed by atoms with Crippen molar-refractivity contribution in [2.75, 3.05) is 13.7 Å². The highest BCUT2D eigenvalue weighted by Crippen LogP contribution is 2.40. The number of carbonyl (C=O) groups is 2. The lowest BCUT2D eigenvalue weighted by Gasteiger charge is -2.14. The SMILES string of the molecule is COC(=O)CCC(=O)NC[C@H]1Cc2cc(C)cc(-c3ccc(Cl)cc3)c2O1. The molecule has 0 aliphatic carbocycles. The predicted octanol–water partition coefficient (Wildman–Crippen LogP) is 3.69. The Morgan fingerprint density at radius 1 is 1.22 bits per heavy atom. The van der Waals surface area contributed by atoms with Gasteiger partial charge in [0.05, 0.1) is 20.1 Å². The zero-order valence-electron chi connectivity index (χ0n) is 15.4. The van der Waals surface area contributed by atoms with Crippen molar-refractivity contribution in [3.8, 4) is 16.9 Å². The van der Waals surface area contributed by atoms with E-state index < -0.39 is 5.97 Å². The molecule has 1 atom stereocenters. The van der Waals surface area contributed by atoms with E-state index in [0.29, 0.717) is 11.6 Å². The second-order valence-electron chi connectivity index (χ2n) is 6.63. The minimum Gasteiger partial charge on any atom is -0.487 e. The summed E-state index contributed by atoms with van der Waals surface area (Å²) in [5.74, 6) is 0.281. The summed E-state index contributed by atoms with van der Waals surface area (Å²) in [4.78, 5) is 23.0. The van der Waals surface area contributed by atoms with Gasteiger partial charge in [0.1, 0.15) is 11.9 Å². The number of esters is 1. The first-order chi connectivity index (χ1) is 13.0. The summed E-state index contributed by atoms with van der Waals surface area (Å²) >= 11 is 6.00. The minimum absolute atomic E-state index is 0.0774. The molecular weight excluding hydrogens is 366 g/mol. The normalized spacial score (nSPS) is 15.0. The van der Waals surface area contributed by atoms with Crippen molar-refractivity contribution >= 4 is 23.5 Å². The molecule has 1 heterocycles. The Bertz CT molecular complexity index is 848. The number of halogens is 1. The summed E-state index contributed by atoms with van der Waals surface area (Å²) in [6.45, 7) is 2.45. The van der Waals surface area contributed by atoms with E-state index in [9.17, 15) is 9.59 Å². The van der Waals surface area contributed by atoms with Crippen molar-refractivity contribution < 1.29 is 19.1 Å². The number of nitrogens with one attached hydrogen (secondary N) is 1. The number of carbonyl (C=O) groups excluding carboxylic acids is 2. The third-order valence-corrected chi connectivity index (χ3v) is 4.76. The third kappa shape index (κ3) is 4.80. The maximum Gasteiger partial charge on any atom is 0.306 e. The van der Waals surface area contributed by atoms with Gasteiger partial charge in [0.25, 0.3) is 0 Å². The van der Waals surface area contributed by atoms with Gasteiger partial charge < -0.3 is 14.8 Å². The quantitative estimate of drug-likeness (QED) is 0.768. The summed E-state index contributed by atoms with van der Waals surface area (Å²) in [5.41, 5.74) is 4.36. The number of amides is 1. The highest BCUT2D eigenvalue weighted by atomic mass is 35.5. The van der Waals surface area contributed by atoms with E-state index in [2.05, 4.69) is 29.1 Å². The number of rotatable bonds is 6. The lowest BCUT2D eigenvalue weighted by molar-refractivity contribution is -0.142. The van der Waals surface area contributed by atoms with E-state index >= 15 is 0 Å². The van der Waals surface area contributed by atoms with Gasteiger partial charge in [0, 0.05) is 23.4 Å². The van der Waals surface area contributed by atoms with Crippen LogP contribution in [0, 0.1) is 6.92 Å².